The van der Waals surface area contributed by atoms with E-state index in [0.717, 1.165) is 28.2 Å². The van der Waals surface area contributed by atoms with Crippen LogP contribution < -0.4 is 14.9 Å². The first-order chi connectivity index (χ1) is 16.1. The molecule has 0 spiro atoms. The number of benzene rings is 3. The molecule has 0 radical (unpaired) electrons. The molecular formula is C26H24N4O3. The van der Waals surface area contributed by atoms with Crippen LogP contribution in [0.25, 0.3) is 11.3 Å². The lowest BCUT2D eigenvalue weighted by Gasteiger charge is -2.07. The molecule has 0 bridgehead atoms. The van der Waals surface area contributed by atoms with Crippen molar-refractivity contribution in [2.24, 2.45) is 5.10 Å². The minimum absolute atomic E-state index is 0.312. The molecule has 166 valence electrons. The van der Waals surface area contributed by atoms with Gasteiger partial charge in [0.25, 0.3) is 5.91 Å². The van der Waals surface area contributed by atoms with Gasteiger partial charge in [-0.2, -0.15) is 10.2 Å². The van der Waals surface area contributed by atoms with Crippen LogP contribution in [-0.4, -0.2) is 29.4 Å². The Hall–Kier alpha value is -4.39. The molecule has 1 aromatic heterocycles. The van der Waals surface area contributed by atoms with Crippen LogP contribution in [0.3, 0.4) is 0 Å². The average molecular weight is 441 g/mol. The Labute approximate surface area is 192 Å². The summed E-state index contributed by atoms with van der Waals surface area (Å²) in [6.45, 7) is 2.56. The largest absolute Gasteiger partial charge is 0.497 e. The minimum atomic E-state index is -0.383. The van der Waals surface area contributed by atoms with Crippen molar-refractivity contribution < 1.29 is 14.3 Å². The number of hydrogen-bond donors (Lipinski definition) is 2. The number of hydrazone groups is 1. The highest BCUT2D eigenvalue weighted by Crippen LogP contribution is 2.22. The number of aromatic amines is 1. The molecule has 4 rings (SSSR count). The maximum atomic E-state index is 12.4. The van der Waals surface area contributed by atoms with Gasteiger partial charge in [0.2, 0.25) is 0 Å². The van der Waals surface area contributed by atoms with Crippen LogP contribution in [0.4, 0.5) is 0 Å². The van der Waals surface area contributed by atoms with Gasteiger partial charge in [-0.15, -0.1) is 0 Å². The Kier molecular flexibility index (Phi) is 6.80. The number of amides is 1. The van der Waals surface area contributed by atoms with Crippen LogP contribution in [0.1, 0.15) is 27.2 Å². The number of rotatable bonds is 8. The van der Waals surface area contributed by atoms with Crippen molar-refractivity contribution in [2.45, 2.75) is 13.5 Å². The summed E-state index contributed by atoms with van der Waals surface area (Å²) < 4.78 is 11.0. The molecule has 0 saturated heterocycles. The van der Waals surface area contributed by atoms with Gasteiger partial charge in [-0.3, -0.25) is 9.89 Å². The summed E-state index contributed by atoms with van der Waals surface area (Å²) in [5.41, 5.74) is 7.47. The van der Waals surface area contributed by atoms with Crippen LogP contribution >= 0.6 is 0 Å². The fourth-order valence-electron chi connectivity index (χ4n) is 3.11. The Morgan fingerprint density at radius 2 is 1.82 bits per heavy atom. The zero-order valence-electron chi connectivity index (χ0n) is 18.4. The Balaban J connectivity index is 1.33. The lowest BCUT2D eigenvalue weighted by molar-refractivity contribution is 0.0950. The number of methoxy groups -OCH3 is 1. The summed E-state index contributed by atoms with van der Waals surface area (Å²) in [6.07, 6.45) is 1.55. The minimum Gasteiger partial charge on any atom is -0.497 e. The van der Waals surface area contributed by atoms with E-state index in [1.807, 2.05) is 48.5 Å². The third kappa shape index (κ3) is 5.86. The molecule has 0 aliphatic heterocycles. The number of nitrogens with zero attached hydrogens (tertiary/aromatic N) is 2. The monoisotopic (exact) mass is 440 g/mol. The topological polar surface area (TPSA) is 88.6 Å². The van der Waals surface area contributed by atoms with Gasteiger partial charge in [0.1, 0.15) is 23.8 Å². The second-order valence-corrected chi connectivity index (χ2v) is 7.44. The maximum Gasteiger partial charge on any atom is 0.289 e. The SMILES string of the molecule is COc1cccc(C=NNC(=O)c2cc(-c3ccc(OCc4ccc(C)cc4)cc3)n[nH]2)c1. The normalized spacial score (nSPS) is 10.8. The van der Waals surface area contributed by atoms with Gasteiger partial charge in [-0.1, -0.05) is 42.0 Å². The molecule has 7 heteroatoms. The predicted molar refractivity (Wildman–Crippen MR) is 128 cm³/mol. The molecule has 33 heavy (non-hydrogen) atoms. The molecule has 7 nitrogen and oxygen atoms in total. The molecule has 1 heterocycles. The van der Waals surface area contributed by atoms with Crippen LogP contribution in [0.15, 0.2) is 84.0 Å². The molecular weight excluding hydrogens is 416 g/mol. The van der Waals surface area contributed by atoms with Crippen LogP contribution in [0.2, 0.25) is 0 Å². The van der Waals surface area contributed by atoms with Crippen molar-refractivity contribution >= 4 is 12.1 Å². The van der Waals surface area contributed by atoms with Gasteiger partial charge < -0.3 is 9.47 Å². The molecule has 2 N–H and O–H groups in total. The highest BCUT2D eigenvalue weighted by atomic mass is 16.5. The first-order valence-electron chi connectivity index (χ1n) is 10.4. The van der Waals surface area contributed by atoms with E-state index in [4.69, 9.17) is 9.47 Å². The van der Waals surface area contributed by atoms with Gasteiger partial charge in [-0.25, -0.2) is 5.43 Å². The average Bonchev–Trinajstić information content (AvgIpc) is 3.35. The molecule has 3 aromatic carbocycles. The van der Waals surface area contributed by atoms with E-state index < -0.39 is 0 Å². The van der Waals surface area contributed by atoms with E-state index in [1.165, 1.54) is 5.56 Å². The Morgan fingerprint density at radius 3 is 2.58 bits per heavy atom. The van der Waals surface area contributed by atoms with Crippen LogP contribution in [-0.2, 0) is 6.61 Å². The lowest BCUT2D eigenvalue weighted by Crippen LogP contribution is -2.18. The molecule has 4 aromatic rings. The summed E-state index contributed by atoms with van der Waals surface area (Å²) in [7, 11) is 1.60. The van der Waals surface area contributed by atoms with E-state index in [9.17, 15) is 4.79 Å². The number of carbonyl (C=O) groups excluding carboxylic acids is 1. The van der Waals surface area contributed by atoms with Gasteiger partial charge in [0, 0.05) is 5.56 Å². The van der Waals surface area contributed by atoms with Crippen molar-refractivity contribution in [3.05, 3.63) is 101 Å². The second-order valence-electron chi connectivity index (χ2n) is 7.44. The van der Waals surface area contributed by atoms with E-state index in [2.05, 4.69) is 51.9 Å². The zero-order chi connectivity index (χ0) is 23.0. The number of ether oxygens (including phenoxy) is 2. The number of H-pyrrole nitrogens is 1. The maximum absolute atomic E-state index is 12.4. The van der Waals surface area contributed by atoms with Gasteiger partial charge in [0.15, 0.2) is 0 Å². The standard InChI is InChI=1S/C26H24N4O3/c1-18-6-8-19(9-7-18)17-33-22-12-10-21(11-13-22)24-15-25(29-28-24)26(31)30-27-16-20-4-3-5-23(14-20)32-2/h3-16H,17H2,1-2H3,(H,28,29)(H,30,31). The highest BCUT2D eigenvalue weighted by Gasteiger charge is 2.10. The van der Waals surface area contributed by atoms with Crippen molar-refractivity contribution in [1.29, 1.82) is 0 Å². The first kappa shape index (κ1) is 21.8. The van der Waals surface area contributed by atoms with E-state index in [1.54, 1.807) is 19.4 Å². The summed E-state index contributed by atoms with van der Waals surface area (Å²) >= 11 is 0. The fraction of sp³-hybridized carbons (Fsp3) is 0.115. The van der Waals surface area contributed by atoms with Crippen LogP contribution in [0, 0.1) is 6.92 Å². The Bertz CT molecular complexity index is 1250. The highest BCUT2D eigenvalue weighted by molar-refractivity contribution is 5.94. The number of aryl methyl sites for hydroxylation is 1. The second kappa shape index (κ2) is 10.3. The quantitative estimate of drug-likeness (QED) is 0.306. The zero-order valence-corrected chi connectivity index (χ0v) is 18.4. The molecule has 0 aliphatic carbocycles. The summed E-state index contributed by atoms with van der Waals surface area (Å²) in [5.74, 6) is 1.10. The number of nitrogens with one attached hydrogen (secondary N) is 2. The molecule has 0 unspecified atom stereocenters. The van der Waals surface area contributed by atoms with Gasteiger partial charge >= 0.3 is 0 Å². The van der Waals surface area contributed by atoms with E-state index >= 15 is 0 Å². The first-order valence-corrected chi connectivity index (χ1v) is 10.4. The molecule has 0 aliphatic rings. The van der Waals surface area contributed by atoms with E-state index in [0.29, 0.717) is 18.0 Å². The number of carbonyl (C=O) groups is 1. The smallest absolute Gasteiger partial charge is 0.289 e. The summed E-state index contributed by atoms with van der Waals surface area (Å²) in [5, 5.41) is 11.0. The number of hydrogen-bond acceptors (Lipinski definition) is 5. The third-order valence-electron chi connectivity index (χ3n) is 4.97. The summed E-state index contributed by atoms with van der Waals surface area (Å²) in [6, 6.07) is 24.9. The summed E-state index contributed by atoms with van der Waals surface area (Å²) in [4.78, 5) is 12.4. The van der Waals surface area contributed by atoms with Gasteiger partial charge in [-0.05, 0) is 60.5 Å². The predicted octanol–water partition coefficient (Wildman–Crippen LogP) is 4.74. The van der Waals surface area contributed by atoms with Crippen molar-refractivity contribution in [1.82, 2.24) is 15.6 Å². The van der Waals surface area contributed by atoms with Gasteiger partial charge in [0.05, 0.1) is 19.0 Å². The Morgan fingerprint density at radius 1 is 1.03 bits per heavy atom. The molecule has 0 atom stereocenters. The van der Waals surface area contributed by atoms with Crippen molar-refractivity contribution in [3.8, 4) is 22.8 Å². The van der Waals surface area contributed by atoms with Crippen molar-refractivity contribution in [3.63, 3.8) is 0 Å². The molecule has 0 fully saturated rings. The third-order valence-corrected chi connectivity index (χ3v) is 4.97. The van der Waals surface area contributed by atoms with Crippen molar-refractivity contribution in [2.75, 3.05) is 7.11 Å². The van der Waals surface area contributed by atoms with E-state index in [-0.39, 0.29) is 5.91 Å². The molecule has 0 saturated carbocycles. The molecule has 1 amide bonds. The fourth-order valence-corrected chi connectivity index (χ4v) is 3.11. The lowest BCUT2D eigenvalue weighted by atomic mass is 10.1. The van der Waals surface area contributed by atoms with Crippen LogP contribution in [0.5, 0.6) is 11.5 Å². The number of aromatic nitrogens is 2.